The van der Waals surface area contributed by atoms with Crippen LogP contribution in [-0.2, 0) is 9.09 Å². The monoisotopic (exact) mass is 455 g/mol. The lowest BCUT2D eigenvalue weighted by molar-refractivity contribution is 0.0876. The Morgan fingerprint density at radius 2 is 2.16 bits per heavy atom. The van der Waals surface area contributed by atoms with Crippen LogP contribution in [0.15, 0.2) is 22.7 Å². The summed E-state index contributed by atoms with van der Waals surface area (Å²) < 4.78 is 30.2. The number of phosphoric ester groups is 1. The molecule has 0 aliphatic carbocycles. The zero-order valence-electron chi connectivity index (χ0n) is 12.9. The molecule has 0 aliphatic heterocycles. The molecule has 0 fully saturated rings. The average molecular weight is 457 g/mol. The Morgan fingerprint density at radius 3 is 2.72 bits per heavy atom. The van der Waals surface area contributed by atoms with Crippen molar-refractivity contribution < 1.29 is 28.1 Å². The molecule has 8 nitrogen and oxygen atoms in total. The summed E-state index contributed by atoms with van der Waals surface area (Å²) in [6.07, 6.45) is -1.25. The van der Waals surface area contributed by atoms with E-state index in [1.165, 1.54) is 19.1 Å². The van der Waals surface area contributed by atoms with Crippen LogP contribution in [0.3, 0.4) is 0 Å². The highest BCUT2D eigenvalue weighted by molar-refractivity contribution is 9.10. The fraction of sp³-hybridized carbons (Fsp3) is 0.231. The Labute approximate surface area is 155 Å². The van der Waals surface area contributed by atoms with Crippen molar-refractivity contribution in [3.05, 3.63) is 44.9 Å². The molecular formula is C13H13BrClFN3O5P. The number of carbonyl (C=O) groups excluding carboxylic acids is 1. The van der Waals surface area contributed by atoms with Crippen molar-refractivity contribution in [3.63, 3.8) is 0 Å². The second-order valence-corrected chi connectivity index (χ2v) is 7.37. The molecule has 0 saturated heterocycles. The number of aryl methyl sites for hydroxylation is 1. The van der Waals surface area contributed by atoms with E-state index in [1.54, 1.807) is 13.0 Å². The molecule has 1 aromatic heterocycles. The quantitative estimate of drug-likeness (QED) is 0.592. The van der Waals surface area contributed by atoms with Crippen molar-refractivity contribution in [2.45, 2.75) is 20.1 Å². The number of rotatable bonds is 5. The van der Waals surface area contributed by atoms with Gasteiger partial charge in [-0.05, 0) is 47.5 Å². The highest BCUT2D eigenvalue weighted by Crippen LogP contribution is 2.41. The number of benzene rings is 1. The predicted molar refractivity (Wildman–Crippen MR) is 91.9 cm³/mol. The van der Waals surface area contributed by atoms with Crippen molar-refractivity contribution >= 4 is 46.9 Å². The van der Waals surface area contributed by atoms with Crippen LogP contribution in [0.2, 0.25) is 5.15 Å². The van der Waals surface area contributed by atoms with Gasteiger partial charge in [0.25, 0.3) is 5.91 Å². The molecule has 3 N–H and O–H groups in total. The maximum atomic E-state index is 13.8. The standard InChI is InChI=1S/C13H13BrClFN3O5P/c1-6-3-4-9(8(16)5-6)17-13(20)11-10(14)12(15)19(18-11)7(2)24-25(21,22)23/h3-5,7H,1-2H3,(H,17,20)(H2,21,22,23). The predicted octanol–water partition coefficient (Wildman–Crippen LogP) is 3.63. The first-order valence-corrected chi connectivity index (χ1v) is 9.44. The summed E-state index contributed by atoms with van der Waals surface area (Å²) in [5.41, 5.74) is 0.436. The van der Waals surface area contributed by atoms with Crippen LogP contribution in [0.4, 0.5) is 10.1 Å². The van der Waals surface area contributed by atoms with E-state index < -0.39 is 25.8 Å². The molecule has 2 aromatic rings. The molecule has 136 valence electrons. The van der Waals surface area contributed by atoms with E-state index in [0.717, 1.165) is 4.68 Å². The van der Waals surface area contributed by atoms with Crippen LogP contribution < -0.4 is 5.32 Å². The number of hydrogen-bond acceptors (Lipinski definition) is 4. The first-order chi connectivity index (χ1) is 11.5. The van der Waals surface area contributed by atoms with Crippen molar-refractivity contribution in [1.82, 2.24) is 9.78 Å². The Morgan fingerprint density at radius 1 is 1.52 bits per heavy atom. The van der Waals surface area contributed by atoms with E-state index in [2.05, 4.69) is 30.9 Å². The third-order valence-corrected chi connectivity index (χ3v) is 4.94. The number of anilines is 1. The van der Waals surface area contributed by atoms with Gasteiger partial charge in [-0.3, -0.25) is 9.32 Å². The van der Waals surface area contributed by atoms with Crippen molar-refractivity contribution in [2.24, 2.45) is 0 Å². The number of carbonyl (C=O) groups is 1. The molecule has 0 aliphatic rings. The van der Waals surface area contributed by atoms with Crippen LogP contribution in [0.1, 0.15) is 29.2 Å². The summed E-state index contributed by atoms with van der Waals surface area (Å²) in [7, 11) is -4.79. The van der Waals surface area contributed by atoms with Crippen molar-refractivity contribution in [3.8, 4) is 0 Å². The zero-order chi connectivity index (χ0) is 18.9. The van der Waals surface area contributed by atoms with Gasteiger partial charge in [0.05, 0.1) is 10.2 Å². The van der Waals surface area contributed by atoms with Crippen LogP contribution >= 0.6 is 35.4 Å². The van der Waals surface area contributed by atoms with Gasteiger partial charge >= 0.3 is 7.82 Å². The van der Waals surface area contributed by atoms with Gasteiger partial charge in [0.15, 0.2) is 11.9 Å². The highest BCUT2D eigenvalue weighted by Gasteiger charge is 2.27. The molecular weight excluding hydrogens is 443 g/mol. The SMILES string of the molecule is Cc1ccc(NC(=O)c2nn(C(C)OP(=O)(O)O)c(Cl)c2Br)c(F)c1. The summed E-state index contributed by atoms with van der Waals surface area (Å²) in [6, 6.07) is 4.27. The second-order valence-electron chi connectivity index (χ2n) is 5.03. The minimum absolute atomic E-state index is 0.0484. The number of nitrogens with one attached hydrogen (secondary N) is 1. The molecule has 1 heterocycles. The number of halogens is 3. The number of amides is 1. The van der Waals surface area contributed by atoms with E-state index in [1.807, 2.05) is 0 Å². The first-order valence-electron chi connectivity index (χ1n) is 6.74. The molecule has 12 heteroatoms. The molecule has 1 amide bonds. The molecule has 25 heavy (non-hydrogen) atoms. The molecule has 1 unspecified atom stereocenters. The fourth-order valence-electron chi connectivity index (χ4n) is 1.93. The van der Waals surface area contributed by atoms with Crippen LogP contribution in [-0.4, -0.2) is 25.5 Å². The van der Waals surface area contributed by atoms with E-state index in [9.17, 15) is 13.8 Å². The van der Waals surface area contributed by atoms with Crippen LogP contribution in [0.25, 0.3) is 0 Å². The number of nitrogens with zero attached hydrogens (tertiary/aromatic N) is 2. The van der Waals surface area contributed by atoms with Gasteiger partial charge in [0.1, 0.15) is 11.0 Å². The van der Waals surface area contributed by atoms with Crippen molar-refractivity contribution in [2.75, 3.05) is 5.32 Å². The van der Waals surface area contributed by atoms with Gasteiger partial charge < -0.3 is 15.1 Å². The normalized spacial score (nSPS) is 12.9. The molecule has 0 bridgehead atoms. The third-order valence-electron chi connectivity index (χ3n) is 3.02. The maximum absolute atomic E-state index is 13.8. The van der Waals surface area contributed by atoms with E-state index in [0.29, 0.717) is 5.56 Å². The Hall–Kier alpha value is -1.29. The van der Waals surface area contributed by atoms with Gasteiger partial charge in [-0.15, -0.1) is 0 Å². The highest BCUT2D eigenvalue weighted by atomic mass is 79.9. The summed E-state index contributed by atoms with van der Waals surface area (Å²) in [5.74, 6) is -1.38. The molecule has 1 atom stereocenters. The Bertz CT molecular complexity index is 872. The van der Waals surface area contributed by atoms with Gasteiger partial charge in [-0.25, -0.2) is 13.6 Å². The fourth-order valence-corrected chi connectivity index (χ4v) is 3.12. The topological polar surface area (TPSA) is 114 Å². The third kappa shape index (κ3) is 4.87. The smallest absolute Gasteiger partial charge is 0.318 e. The van der Waals surface area contributed by atoms with Gasteiger partial charge in [0, 0.05) is 0 Å². The lowest BCUT2D eigenvalue weighted by atomic mass is 10.2. The van der Waals surface area contributed by atoms with E-state index in [-0.39, 0.29) is 21.0 Å². The van der Waals surface area contributed by atoms with Gasteiger partial charge in [-0.2, -0.15) is 5.10 Å². The summed E-state index contributed by atoms with van der Waals surface area (Å²) in [5, 5.41) is 6.11. The largest absolute Gasteiger partial charge is 0.471 e. The average Bonchev–Trinajstić information content (AvgIpc) is 2.77. The van der Waals surface area contributed by atoms with E-state index >= 15 is 0 Å². The van der Waals surface area contributed by atoms with Gasteiger partial charge in [0.2, 0.25) is 0 Å². The lowest BCUT2D eigenvalue weighted by Crippen LogP contribution is -2.16. The second kappa shape index (κ2) is 7.53. The minimum atomic E-state index is -4.79. The van der Waals surface area contributed by atoms with Crippen LogP contribution in [0, 0.1) is 12.7 Å². The summed E-state index contributed by atoms with van der Waals surface area (Å²) >= 11 is 9.08. The Kier molecular flexibility index (Phi) is 6.03. The molecule has 0 saturated carbocycles. The molecule has 2 rings (SSSR count). The number of phosphoric acid groups is 1. The number of hydrogen-bond donors (Lipinski definition) is 3. The zero-order valence-corrected chi connectivity index (χ0v) is 16.1. The summed E-state index contributed by atoms with van der Waals surface area (Å²) in [6.45, 7) is 2.99. The summed E-state index contributed by atoms with van der Waals surface area (Å²) in [4.78, 5) is 30.0. The van der Waals surface area contributed by atoms with Gasteiger partial charge in [-0.1, -0.05) is 17.7 Å². The molecule has 1 aromatic carbocycles. The van der Waals surface area contributed by atoms with E-state index in [4.69, 9.17) is 21.4 Å². The first kappa shape index (κ1) is 20.0. The molecule has 0 radical (unpaired) electrons. The Balaban J connectivity index is 2.29. The van der Waals surface area contributed by atoms with Crippen molar-refractivity contribution in [1.29, 1.82) is 0 Å². The molecule has 0 spiro atoms. The van der Waals surface area contributed by atoms with Crippen LogP contribution in [0.5, 0.6) is 0 Å². The lowest BCUT2D eigenvalue weighted by Gasteiger charge is -2.14. The maximum Gasteiger partial charge on any atom is 0.471 e. The number of aromatic nitrogens is 2. The minimum Gasteiger partial charge on any atom is -0.318 e.